The van der Waals surface area contributed by atoms with Gasteiger partial charge in [-0.05, 0) is 55.3 Å². The fourth-order valence-corrected chi connectivity index (χ4v) is 3.46. The van der Waals surface area contributed by atoms with Crippen molar-refractivity contribution in [3.05, 3.63) is 58.6 Å². The van der Waals surface area contributed by atoms with Gasteiger partial charge in [0.15, 0.2) is 0 Å². The molecular weight excluding hydrogens is 374 g/mol. The highest BCUT2D eigenvalue weighted by Gasteiger charge is 2.20. The maximum Gasteiger partial charge on any atom is 0.255 e. The van der Waals surface area contributed by atoms with Crippen LogP contribution in [0.2, 0.25) is 5.02 Å². The first-order chi connectivity index (χ1) is 13.5. The molecule has 1 N–H and O–H groups in total. The number of anilines is 2. The van der Waals surface area contributed by atoms with E-state index in [0.29, 0.717) is 17.0 Å². The Morgan fingerprint density at radius 3 is 2.32 bits per heavy atom. The number of halogens is 1. The number of amides is 2. The molecule has 1 aliphatic rings. The topological polar surface area (TPSA) is 52.7 Å². The van der Waals surface area contributed by atoms with Crippen molar-refractivity contribution >= 4 is 34.8 Å². The highest BCUT2D eigenvalue weighted by atomic mass is 35.5. The van der Waals surface area contributed by atoms with Crippen molar-refractivity contribution in [1.82, 2.24) is 4.90 Å². The van der Waals surface area contributed by atoms with Gasteiger partial charge in [0.2, 0.25) is 5.91 Å². The molecule has 1 saturated heterocycles. The van der Waals surface area contributed by atoms with Crippen LogP contribution in [0.15, 0.2) is 42.5 Å². The third-order valence-electron chi connectivity index (χ3n) is 5.02. The predicted octanol–water partition coefficient (Wildman–Crippen LogP) is 4.35. The summed E-state index contributed by atoms with van der Waals surface area (Å²) in [5, 5.41) is 3.48. The van der Waals surface area contributed by atoms with Crippen LogP contribution in [0.25, 0.3) is 0 Å². The Bertz CT molecular complexity index is 843. The van der Waals surface area contributed by atoms with E-state index in [9.17, 15) is 9.59 Å². The second-order valence-electron chi connectivity index (χ2n) is 7.08. The Labute approximate surface area is 171 Å². The average Bonchev–Trinajstić information content (AvgIpc) is 2.71. The van der Waals surface area contributed by atoms with Crippen LogP contribution >= 0.6 is 11.6 Å². The molecule has 1 aliphatic heterocycles. The molecular formula is C22H26ClN3O2. The highest BCUT2D eigenvalue weighted by molar-refractivity contribution is 6.31. The van der Waals surface area contributed by atoms with E-state index in [1.165, 1.54) is 0 Å². The minimum absolute atomic E-state index is 0.183. The number of nitrogens with zero attached hydrogens (tertiary/aromatic N) is 2. The molecule has 0 bridgehead atoms. The van der Waals surface area contributed by atoms with E-state index in [0.717, 1.165) is 49.5 Å². The molecule has 0 unspecified atom stereocenters. The number of piperazine rings is 1. The van der Waals surface area contributed by atoms with Crippen molar-refractivity contribution in [2.45, 2.75) is 26.7 Å². The molecule has 0 spiro atoms. The van der Waals surface area contributed by atoms with E-state index in [1.807, 2.05) is 49.1 Å². The third kappa shape index (κ3) is 4.84. The Kier molecular flexibility index (Phi) is 6.57. The zero-order valence-electron chi connectivity index (χ0n) is 16.4. The summed E-state index contributed by atoms with van der Waals surface area (Å²) >= 11 is 6.10. The van der Waals surface area contributed by atoms with E-state index in [2.05, 4.69) is 10.2 Å². The lowest BCUT2D eigenvalue weighted by atomic mass is 10.1. The van der Waals surface area contributed by atoms with Crippen molar-refractivity contribution in [3.8, 4) is 0 Å². The maximum absolute atomic E-state index is 12.4. The van der Waals surface area contributed by atoms with Gasteiger partial charge in [0, 0.05) is 54.6 Å². The summed E-state index contributed by atoms with van der Waals surface area (Å²) in [6.07, 6.45) is 1.52. The Morgan fingerprint density at radius 2 is 1.71 bits per heavy atom. The van der Waals surface area contributed by atoms with Gasteiger partial charge in [0.25, 0.3) is 5.91 Å². The molecule has 148 valence electrons. The second kappa shape index (κ2) is 9.11. The molecule has 2 aromatic rings. The van der Waals surface area contributed by atoms with E-state index in [1.54, 1.807) is 12.1 Å². The van der Waals surface area contributed by atoms with Crippen molar-refractivity contribution < 1.29 is 9.59 Å². The Hall–Kier alpha value is -2.53. The lowest BCUT2D eigenvalue weighted by Crippen LogP contribution is -2.48. The summed E-state index contributed by atoms with van der Waals surface area (Å²) < 4.78 is 0. The smallest absolute Gasteiger partial charge is 0.255 e. The molecule has 0 saturated carbocycles. The molecule has 3 rings (SSSR count). The minimum atomic E-state index is -0.183. The van der Waals surface area contributed by atoms with Gasteiger partial charge >= 0.3 is 0 Å². The lowest BCUT2D eigenvalue weighted by Gasteiger charge is -2.36. The summed E-state index contributed by atoms with van der Waals surface area (Å²) in [4.78, 5) is 28.6. The molecule has 1 fully saturated rings. The highest BCUT2D eigenvalue weighted by Crippen LogP contribution is 2.21. The first-order valence-electron chi connectivity index (χ1n) is 9.68. The standard InChI is InChI=1S/C22H26ClN3O2/c1-3-4-21(27)26-13-11-25(12-14-26)19-9-7-18(8-10-19)24-22(28)17-6-5-16(2)20(23)15-17/h5-10,15H,3-4,11-14H2,1-2H3,(H,24,28). The molecule has 28 heavy (non-hydrogen) atoms. The van der Waals surface area contributed by atoms with Crippen molar-refractivity contribution in [3.63, 3.8) is 0 Å². The number of aryl methyl sites for hydroxylation is 1. The molecule has 1 heterocycles. The first kappa shape index (κ1) is 20.2. The summed E-state index contributed by atoms with van der Waals surface area (Å²) in [5.74, 6) is 0.0640. The molecule has 0 aliphatic carbocycles. The largest absolute Gasteiger partial charge is 0.368 e. The summed E-state index contributed by atoms with van der Waals surface area (Å²) in [7, 11) is 0. The number of hydrogen-bond acceptors (Lipinski definition) is 3. The van der Waals surface area contributed by atoms with Crippen LogP contribution in [0.3, 0.4) is 0 Å². The fraction of sp³-hybridized carbons (Fsp3) is 0.364. The van der Waals surface area contributed by atoms with Crippen LogP contribution in [-0.4, -0.2) is 42.9 Å². The van der Waals surface area contributed by atoms with Gasteiger partial charge in [0.05, 0.1) is 0 Å². The van der Waals surface area contributed by atoms with Crippen LogP contribution in [0.5, 0.6) is 0 Å². The van der Waals surface area contributed by atoms with Crippen LogP contribution < -0.4 is 10.2 Å². The van der Waals surface area contributed by atoms with Gasteiger partial charge in [-0.3, -0.25) is 9.59 Å². The molecule has 0 atom stereocenters. The molecule has 6 heteroatoms. The van der Waals surface area contributed by atoms with Crippen LogP contribution in [0, 0.1) is 6.92 Å². The van der Waals surface area contributed by atoms with E-state index in [4.69, 9.17) is 11.6 Å². The summed E-state index contributed by atoms with van der Waals surface area (Å²) in [6.45, 7) is 7.09. The van der Waals surface area contributed by atoms with E-state index < -0.39 is 0 Å². The monoisotopic (exact) mass is 399 g/mol. The number of carbonyl (C=O) groups excluding carboxylic acids is 2. The summed E-state index contributed by atoms with van der Waals surface area (Å²) in [6, 6.07) is 13.1. The van der Waals surface area contributed by atoms with Gasteiger partial charge in [-0.15, -0.1) is 0 Å². The normalized spacial score (nSPS) is 14.1. The maximum atomic E-state index is 12.4. The quantitative estimate of drug-likeness (QED) is 0.813. The van der Waals surface area contributed by atoms with E-state index in [-0.39, 0.29) is 11.8 Å². The number of nitrogens with one attached hydrogen (secondary N) is 1. The molecule has 0 aromatic heterocycles. The van der Waals surface area contributed by atoms with Crippen LogP contribution in [0.4, 0.5) is 11.4 Å². The fourth-order valence-electron chi connectivity index (χ4n) is 3.28. The van der Waals surface area contributed by atoms with Gasteiger partial charge in [-0.2, -0.15) is 0 Å². The molecule has 2 aromatic carbocycles. The minimum Gasteiger partial charge on any atom is -0.368 e. The van der Waals surface area contributed by atoms with Crippen molar-refractivity contribution in [2.24, 2.45) is 0 Å². The third-order valence-corrected chi connectivity index (χ3v) is 5.43. The van der Waals surface area contributed by atoms with E-state index >= 15 is 0 Å². The molecule has 0 radical (unpaired) electrons. The predicted molar refractivity (Wildman–Crippen MR) is 114 cm³/mol. The first-order valence-corrected chi connectivity index (χ1v) is 10.1. The second-order valence-corrected chi connectivity index (χ2v) is 7.49. The lowest BCUT2D eigenvalue weighted by molar-refractivity contribution is -0.131. The molecule has 5 nitrogen and oxygen atoms in total. The Balaban J connectivity index is 1.57. The number of hydrogen-bond donors (Lipinski definition) is 1. The SMILES string of the molecule is CCCC(=O)N1CCN(c2ccc(NC(=O)c3ccc(C)c(Cl)c3)cc2)CC1. The van der Waals surface area contributed by atoms with Crippen LogP contribution in [0.1, 0.15) is 35.7 Å². The van der Waals surface area contributed by atoms with Gasteiger partial charge < -0.3 is 15.1 Å². The van der Waals surface area contributed by atoms with Gasteiger partial charge in [0.1, 0.15) is 0 Å². The number of benzene rings is 2. The molecule has 2 amide bonds. The van der Waals surface area contributed by atoms with Gasteiger partial charge in [-0.1, -0.05) is 24.6 Å². The number of carbonyl (C=O) groups is 2. The van der Waals surface area contributed by atoms with Crippen LogP contribution in [-0.2, 0) is 4.79 Å². The van der Waals surface area contributed by atoms with Crippen molar-refractivity contribution in [2.75, 3.05) is 36.4 Å². The number of rotatable bonds is 5. The zero-order chi connectivity index (χ0) is 20.1. The average molecular weight is 400 g/mol. The Morgan fingerprint density at radius 1 is 1.04 bits per heavy atom. The zero-order valence-corrected chi connectivity index (χ0v) is 17.1. The summed E-state index contributed by atoms with van der Waals surface area (Å²) in [5.41, 5.74) is 3.31. The van der Waals surface area contributed by atoms with Crippen molar-refractivity contribution in [1.29, 1.82) is 0 Å². The van der Waals surface area contributed by atoms with Gasteiger partial charge in [-0.25, -0.2) is 0 Å².